The highest BCUT2D eigenvalue weighted by molar-refractivity contribution is 7.86. The molecule has 0 unspecified atom stereocenters. The van der Waals surface area contributed by atoms with Crippen LogP contribution in [0.25, 0.3) is 0 Å². The van der Waals surface area contributed by atoms with Crippen LogP contribution in [-0.4, -0.2) is 54.0 Å². The number of rotatable bonds is 12. The fourth-order valence-electron chi connectivity index (χ4n) is 6.42. The van der Waals surface area contributed by atoms with Crippen molar-refractivity contribution >= 4 is 16.0 Å². The number of carbonyl (C=O) groups excluding carboxylic acids is 1. The molecule has 1 aliphatic heterocycles. The second-order valence-electron chi connectivity index (χ2n) is 12.3. The maximum absolute atomic E-state index is 15.5. The lowest BCUT2D eigenvalue weighted by molar-refractivity contribution is 0.0523. The minimum atomic E-state index is -4.31. The average molecular weight is 718 g/mol. The van der Waals surface area contributed by atoms with Gasteiger partial charge in [0.1, 0.15) is 18.5 Å². The van der Waals surface area contributed by atoms with Gasteiger partial charge in [0.05, 0.1) is 25.0 Å². The van der Waals surface area contributed by atoms with Gasteiger partial charge in [-0.2, -0.15) is 13.5 Å². The Balaban J connectivity index is 1.44. The molecule has 1 aliphatic rings. The maximum atomic E-state index is 15.5. The van der Waals surface area contributed by atoms with Crippen molar-refractivity contribution in [1.29, 1.82) is 0 Å². The largest absolute Gasteiger partial charge is 0.483 e. The summed E-state index contributed by atoms with van der Waals surface area (Å²) in [6.45, 7) is 0.278. The molecule has 0 spiro atoms. The van der Waals surface area contributed by atoms with Gasteiger partial charge >= 0.3 is 0 Å². The SMILES string of the molecule is CS(=O)(=O)O[C@H]([C@H](c1cccc(F)c1)c1cccc(F)c1F)[C@H]1CCCN1C(=O)c1nn(Cc2ccccc2)cc(OCc2ccccc2)c1=O. The standard InChI is InChI=1S/C38H34F3N3O6S/c1-51(47,48)50-37(33(27-15-8-16-28(39)21-27)29-17-9-18-30(40)34(29)41)31-19-10-20-44(31)38(46)35-36(45)32(49-24-26-13-6-3-7-14-26)23-43(42-35)22-25-11-4-2-5-12-25/h2-9,11-18,21,23,31,33,37H,10,19-20,22,24H2,1H3/t31-,33-,37+/m1/s1. The van der Waals surface area contributed by atoms with Gasteiger partial charge in [-0.1, -0.05) is 84.9 Å². The number of nitrogens with zero attached hydrogens (tertiary/aromatic N) is 3. The van der Waals surface area contributed by atoms with E-state index in [2.05, 4.69) is 5.10 Å². The van der Waals surface area contributed by atoms with Crippen LogP contribution in [0.3, 0.4) is 0 Å². The first-order valence-corrected chi connectivity index (χ1v) is 18.0. The first-order valence-electron chi connectivity index (χ1n) is 16.2. The van der Waals surface area contributed by atoms with E-state index in [4.69, 9.17) is 8.92 Å². The number of benzene rings is 4. The van der Waals surface area contributed by atoms with E-state index in [9.17, 15) is 26.8 Å². The Morgan fingerprint density at radius 3 is 2.29 bits per heavy atom. The monoisotopic (exact) mass is 717 g/mol. The summed E-state index contributed by atoms with van der Waals surface area (Å²) in [6.07, 6.45) is 1.16. The van der Waals surface area contributed by atoms with Gasteiger partial charge in [0.25, 0.3) is 21.5 Å². The molecule has 1 fully saturated rings. The lowest BCUT2D eigenvalue weighted by Gasteiger charge is -2.36. The van der Waals surface area contributed by atoms with E-state index in [-0.39, 0.29) is 43.0 Å². The topological polar surface area (TPSA) is 108 Å². The first-order chi connectivity index (χ1) is 24.5. The molecule has 13 heteroatoms. The number of likely N-dealkylation sites (tertiary alicyclic amines) is 1. The number of hydrogen-bond acceptors (Lipinski definition) is 7. The smallest absolute Gasteiger partial charge is 0.278 e. The molecule has 51 heavy (non-hydrogen) atoms. The molecule has 0 saturated carbocycles. The molecule has 3 atom stereocenters. The van der Waals surface area contributed by atoms with Crippen LogP contribution in [0.2, 0.25) is 0 Å². The fraction of sp³-hybridized carbons (Fsp3) is 0.237. The predicted molar refractivity (Wildman–Crippen MR) is 183 cm³/mol. The molecule has 1 aromatic heterocycles. The van der Waals surface area contributed by atoms with Crippen molar-refractivity contribution in [3.05, 3.63) is 165 Å². The van der Waals surface area contributed by atoms with Crippen LogP contribution >= 0.6 is 0 Å². The van der Waals surface area contributed by atoms with Crippen molar-refractivity contribution in [2.24, 2.45) is 0 Å². The quantitative estimate of drug-likeness (QED) is 0.144. The number of ether oxygens (including phenoxy) is 1. The Morgan fingerprint density at radius 1 is 0.922 bits per heavy atom. The zero-order chi connectivity index (χ0) is 36.1. The highest BCUT2D eigenvalue weighted by Crippen LogP contribution is 2.39. The number of amides is 1. The highest BCUT2D eigenvalue weighted by Gasteiger charge is 2.44. The average Bonchev–Trinajstić information content (AvgIpc) is 3.60. The summed E-state index contributed by atoms with van der Waals surface area (Å²) in [6, 6.07) is 25.7. The third kappa shape index (κ3) is 8.38. The fourth-order valence-corrected chi connectivity index (χ4v) is 7.06. The van der Waals surface area contributed by atoms with Gasteiger partial charge in [-0.05, 0) is 47.7 Å². The number of hydrogen-bond donors (Lipinski definition) is 0. The molecule has 6 rings (SSSR count). The normalized spacial score (nSPS) is 15.8. The van der Waals surface area contributed by atoms with Crippen molar-refractivity contribution in [3.8, 4) is 5.75 Å². The molecular formula is C38H34F3N3O6S. The van der Waals surface area contributed by atoms with Gasteiger partial charge < -0.3 is 9.64 Å². The Morgan fingerprint density at radius 2 is 1.61 bits per heavy atom. The van der Waals surface area contributed by atoms with Gasteiger partial charge in [-0.15, -0.1) is 0 Å². The van der Waals surface area contributed by atoms with E-state index in [1.807, 2.05) is 60.7 Å². The molecule has 0 N–H and O–H groups in total. The molecular weight excluding hydrogens is 683 g/mol. The zero-order valence-corrected chi connectivity index (χ0v) is 28.3. The van der Waals surface area contributed by atoms with Crippen molar-refractivity contribution < 1.29 is 35.3 Å². The highest BCUT2D eigenvalue weighted by atomic mass is 32.2. The lowest BCUT2D eigenvalue weighted by atomic mass is 9.82. The van der Waals surface area contributed by atoms with Gasteiger partial charge in [0.2, 0.25) is 0 Å². The first kappa shape index (κ1) is 35.6. The van der Waals surface area contributed by atoms with E-state index in [0.717, 1.165) is 35.6 Å². The molecule has 1 saturated heterocycles. The Kier molecular flexibility index (Phi) is 10.7. The summed E-state index contributed by atoms with van der Waals surface area (Å²) in [5.41, 5.74) is 0.131. The summed E-state index contributed by atoms with van der Waals surface area (Å²) >= 11 is 0. The number of carbonyl (C=O) groups is 1. The van der Waals surface area contributed by atoms with Crippen LogP contribution in [0.4, 0.5) is 13.2 Å². The van der Waals surface area contributed by atoms with E-state index in [0.29, 0.717) is 6.42 Å². The maximum Gasteiger partial charge on any atom is 0.278 e. The van der Waals surface area contributed by atoms with E-state index in [1.165, 1.54) is 40.0 Å². The van der Waals surface area contributed by atoms with Crippen molar-refractivity contribution in [2.45, 2.75) is 44.1 Å². The third-order valence-electron chi connectivity index (χ3n) is 8.64. The minimum absolute atomic E-state index is 0.0319. The van der Waals surface area contributed by atoms with Gasteiger partial charge in [-0.3, -0.25) is 18.5 Å². The van der Waals surface area contributed by atoms with Crippen LogP contribution in [0.1, 0.15) is 51.5 Å². The summed E-state index contributed by atoms with van der Waals surface area (Å²) in [4.78, 5) is 29.6. The van der Waals surface area contributed by atoms with Crippen molar-refractivity contribution in [2.75, 3.05) is 12.8 Å². The van der Waals surface area contributed by atoms with Crippen molar-refractivity contribution in [1.82, 2.24) is 14.7 Å². The Hall–Kier alpha value is -5.27. The summed E-state index contributed by atoms with van der Waals surface area (Å²) in [5.74, 6) is -5.56. The molecule has 4 aromatic carbocycles. The van der Waals surface area contributed by atoms with E-state index >= 15 is 4.39 Å². The molecule has 264 valence electrons. The van der Waals surface area contributed by atoms with Crippen LogP contribution in [0, 0.1) is 17.5 Å². The van der Waals surface area contributed by atoms with Gasteiger partial charge in [-0.25, -0.2) is 13.2 Å². The van der Waals surface area contributed by atoms with Gasteiger partial charge in [0.15, 0.2) is 23.1 Å². The van der Waals surface area contributed by atoms with Crippen LogP contribution in [0.5, 0.6) is 5.75 Å². The van der Waals surface area contributed by atoms with Crippen molar-refractivity contribution in [3.63, 3.8) is 0 Å². The Bertz CT molecular complexity index is 2180. The molecule has 2 heterocycles. The zero-order valence-electron chi connectivity index (χ0n) is 27.5. The van der Waals surface area contributed by atoms with E-state index in [1.54, 1.807) is 0 Å². The minimum Gasteiger partial charge on any atom is -0.483 e. The number of aromatic nitrogens is 2. The van der Waals surface area contributed by atoms with Gasteiger partial charge in [0, 0.05) is 18.0 Å². The molecule has 0 bridgehead atoms. The third-order valence-corrected chi connectivity index (χ3v) is 9.21. The molecule has 0 aliphatic carbocycles. The Labute approximate surface area is 293 Å². The molecule has 1 amide bonds. The van der Waals surface area contributed by atoms with E-state index < -0.39 is 62.7 Å². The lowest BCUT2D eigenvalue weighted by Crippen LogP contribution is -2.48. The summed E-state index contributed by atoms with van der Waals surface area (Å²) in [5, 5.41) is 4.41. The summed E-state index contributed by atoms with van der Waals surface area (Å²) in [7, 11) is -4.31. The summed E-state index contributed by atoms with van der Waals surface area (Å²) < 4.78 is 83.4. The van der Waals surface area contributed by atoms with Crippen LogP contribution in [0.15, 0.2) is 114 Å². The second-order valence-corrected chi connectivity index (χ2v) is 13.9. The second kappa shape index (κ2) is 15.3. The van der Waals surface area contributed by atoms with Crippen LogP contribution < -0.4 is 10.2 Å². The van der Waals surface area contributed by atoms with Crippen LogP contribution in [-0.2, 0) is 27.5 Å². The molecule has 5 aromatic rings. The molecule has 0 radical (unpaired) electrons. The number of halogens is 3. The predicted octanol–water partition coefficient (Wildman–Crippen LogP) is 6.07. The molecule has 9 nitrogen and oxygen atoms in total.